The number of rotatable bonds is 5. The highest BCUT2D eigenvalue weighted by atomic mass is 15.0. The smallest absolute Gasteiger partial charge is 0.0535 e. The molecule has 0 radical (unpaired) electrons. The summed E-state index contributed by atoms with van der Waals surface area (Å²) in [5.41, 5.74) is 12.1. The van der Waals surface area contributed by atoms with E-state index in [1.54, 1.807) is 0 Å². The molecule has 1 aromatic heterocycles. The number of aryl methyl sites for hydroxylation is 1. The molecule has 0 amide bonds. The van der Waals surface area contributed by atoms with E-state index in [0.29, 0.717) is 0 Å². The van der Waals surface area contributed by atoms with Gasteiger partial charge in [-0.05, 0) is 86.1 Å². The fraction of sp³-hybridized carbons (Fsp3) is 0.0233. The largest absolute Gasteiger partial charge is 0.309 e. The van der Waals surface area contributed by atoms with Crippen molar-refractivity contribution in [2.75, 3.05) is 0 Å². The van der Waals surface area contributed by atoms with Gasteiger partial charge in [-0.1, -0.05) is 151 Å². The fourth-order valence-electron chi connectivity index (χ4n) is 6.72. The van der Waals surface area contributed by atoms with E-state index in [4.69, 9.17) is 0 Å². The highest BCUT2D eigenvalue weighted by molar-refractivity contribution is 6.21. The zero-order chi connectivity index (χ0) is 29.5. The molecule has 208 valence electrons. The van der Waals surface area contributed by atoms with Crippen LogP contribution in [0.4, 0.5) is 0 Å². The van der Waals surface area contributed by atoms with Crippen molar-refractivity contribution in [3.8, 4) is 50.5 Å². The molecule has 0 aliphatic rings. The second-order valence-corrected chi connectivity index (χ2v) is 11.4. The Morgan fingerprint density at radius 2 is 0.818 bits per heavy atom. The summed E-state index contributed by atoms with van der Waals surface area (Å²) in [6.07, 6.45) is 0. The van der Waals surface area contributed by atoms with Gasteiger partial charge in [-0.15, -0.1) is 0 Å². The van der Waals surface area contributed by atoms with Gasteiger partial charge in [0.2, 0.25) is 0 Å². The van der Waals surface area contributed by atoms with E-state index in [-0.39, 0.29) is 0 Å². The van der Waals surface area contributed by atoms with Crippen LogP contribution < -0.4 is 0 Å². The maximum Gasteiger partial charge on any atom is 0.0535 e. The molecule has 0 unspecified atom stereocenters. The first-order valence-electron chi connectivity index (χ1n) is 15.2. The van der Waals surface area contributed by atoms with Crippen molar-refractivity contribution in [1.82, 2.24) is 4.57 Å². The first-order valence-corrected chi connectivity index (χ1v) is 15.2. The van der Waals surface area contributed by atoms with Gasteiger partial charge in [0, 0.05) is 5.69 Å². The standard InChI is InChI=1S/C43H31N/c1-30-14-13-21-34(28-30)43-37-23-12-11-22-36(37)42(33-19-9-4-10-20-33)38-25-24-35(29-39(38)43)44-40(31-15-5-2-6-16-31)26-27-41(44)32-17-7-3-8-18-32/h2-29H,1H3. The Morgan fingerprint density at radius 1 is 0.341 bits per heavy atom. The summed E-state index contributed by atoms with van der Waals surface area (Å²) in [6.45, 7) is 2.18. The van der Waals surface area contributed by atoms with Crippen LogP contribution in [-0.4, -0.2) is 4.57 Å². The van der Waals surface area contributed by atoms with Gasteiger partial charge < -0.3 is 4.57 Å². The molecule has 8 rings (SSSR count). The molecule has 7 aromatic carbocycles. The van der Waals surface area contributed by atoms with Crippen molar-refractivity contribution in [3.05, 3.63) is 175 Å². The molecule has 1 heterocycles. The van der Waals surface area contributed by atoms with E-state index in [0.717, 1.165) is 5.69 Å². The summed E-state index contributed by atoms with van der Waals surface area (Å²) in [4.78, 5) is 0. The highest BCUT2D eigenvalue weighted by Gasteiger charge is 2.19. The lowest BCUT2D eigenvalue weighted by molar-refractivity contribution is 1.10. The van der Waals surface area contributed by atoms with Crippen LogP contribution in [0.25, 0.3) is 72.0 Å². The summed E-state index contributed by atoms with van der Waals surface area (Å²) >= 11 is 0. The van der Waals surface area contributed by atoms with Crippen molar-refractivity contribution in [1.29, 1.82) is 0 Å². The Morgan fingerprint density at radius 3 is 1.39 bits per heavy atom. The Hall–Kier alpha value is -5.66. The van der Waals surface area contributed by atoms with Crippen molar-refractivity contribution in [3.63, 3.8) is 0 Å². The van der Waals surface area contributed by atoms with Gasteiger partial charge in [0.05, 0.1) is 11.4 Å². The van der Waals surface area contributed by atoms with Crippen molar-refractivity contribution >= 4 is 21.5 Å². The molecule has 0 aliphatic heterocycles. The number of benzene rings is 7. The molecule has 1 heteroatoms. The second-order valence-electron chi connectivity index (χ2n) is 11.4. The third kappa shape index (κ3) is 4.42. The molecule has 0 N–H and O–H groups in total. The van der Waals surface area contributed by atoms with Gasteiger partial charge in [0.1, 0.15) is 0 Å². The normalized spacial score (nSPS) is 11.3. The Labute approximate surface area is 258 Å². The molecule has 0 aliphatic carbocycles. The first kappa shape index (κ1) is 26.0. The zero-order valence-electron chi connectivity index (χ0n) is 24.6. The molecule has 0 atom stereocenters. The van der Waals surface area contributed by atoms with Crippen molar-refractivity contribution in [2.45, 2.75) is 6.92 Å². The Balaban J connectivity index is 1.50. The molecule has 1 nitrogen and oxygen atoms in total. The molecular weight excluding hydrogens is 530 g/mol. The van der Waals surface area contributed by atoms with Gasteiger partial charge >= 0.3 is 0 Å². The van der Waals surface area contributed by atoms with Crippen LogP contribution in [0, 0.1) is 6.92 Å². The molecule has 0 saturated carbocycles. The summed E-state index contributed by atoms with van der Waals surface area (Å²) < 4.78 is 2.42. The predicted octanol–water partition coefficient (Wildman–Crippen LogP) is 11.8. The van der Waals surface area contributed by atoms with Gasteiger partial charge in [0.25, 0.3) is 0 Å². The number of hydrogen-bond acceptors (Lipinski definition) is 0. The molecule has 44 heavy (non-hydrogen) atoms. The Bertz CT molecular complexity index is 2200. The fourth-order valence-corrected chi connectivity index (χ4v) is 6.72. The SMILES string of the molecule is Cc1cccc(-c2c3ccccc3c(-c3ccccc3)c3ccc(-n4c(-c5ccccc5)ccc4-c4ccccc4)cc23)c1. The maximum absolute atomic E-state index is 2.42. The van der Waals surface area contributed by atoms with Gasteiger partial charge in [-0.25, -0.2) is 0 Å². The minimum atomic E-state index is 1.14. The zero-order valence-corrected chi connectivity index (χ0v) is 24.6. The lowest BCUT2D eigenvalue weighted by Gasteiger charge is -2.20. The van der Waals surface area contributed by atoms with E-state index >= 15 is 0 Å². The average molecular weight is 562 g/mol. The van der Waals surface area contributed by atoms with Crippen LogP contribution >= 0.6 is 0 Å². The quantitative estimate of drug-likeness (QED) is 0.184. The molecule has 0 fully saturated rings. The molecule has 0 saturated heterocycles. The number of nitrogens with zero attached hydrogens (tertiary/aromatic N) is 1. The number of fused-ring (bicyclic) bond motifs is 2. The van der Waals surface area contributed by atoms with E-state index in [1.807, 2.05) is 0 Å². The van der Waals surface area contributed by atoms with Crippen LogP contribution in [0.3, 0.4) is 0 Å². The lowest BCUT2D eigenvalue weighted by Crippen LogP contribution is -2.00. The van der Waals surface area contributed by atoms with Crippen molar-refractivity contribution < 1.29 is 0 Å². The molecule has 8 aromatic rings. The minimum absolute atomic E-state index is 1.14. The number of hydrogen-bond donors (Lipinski definition) is 0. The van der Waals surface area contributed by atoms with Crippen LogP contribution in [0.2, 0.25) is 0 Å². The van der Waals surface area contributed by atoms with E-state index in [9.17, 15) is 0 Å². The third-order valence-electron chi connectivity index (χ3n) is 8.65. The van der Waals surface area contributed by atoms with Crippen molar-refractivity contribution in [2.24, 2.45) is 0 Å². The summed E-state index contributed by atoms with van der Waals surface area (Å²) in [6, 6.07) is 61.6. The van der Waals surface area contributed by atoms with E-state index < -0.39 is 0 Å². The lowest BCUT2D eigenvalue weighted by atomic mass is 9.85. The molecular formula is C43H31N. The molecule has 0 spiro atoms. The van der Waals surface area contributed by atoms with Gasteiger partial charge in [-0.3, -0.25) is 0 Å². The summed E-state index contributed by atoms with van der Waals surface area (Å²) in [5, 5.41) is 5.04. The minimum Gasteiger partial charge on any atom is -0.309 e. The topological polar surface area (TPSA) is 4.93 Å². The first-order chi connectivity index (χ1) is 21.8. The maximum atomic E-state index is 2.42. The van der Waals surface area contributed by atoms with Crippen LogP contribution in [0.5, 0.6) is 0 Å². The second kappa shape index (κ2) is 10.9. The average Bonchev–Trinajstić information content (AvgIpc) is 3.53. The van der Waals surface area contributed by atoms with Crippen LogP contribution in [-0.2, 0) is 0 Å². The van der Waals surface area contributed by atoms with Gasteiger partial charge in [0.15, 0.2) is 0 Å². The highest BCUT2D eigenvalue weighted by Crippen LogP contribution is 2.45. The van der Waals surface area contributed by atoms with E-state index in [1.165, 1.54) is 71.9 Å². The number of aromatic nitrogens is 1. The third-order valence-corrected chi connectivity index (χ3v) is 8.65. The molecule has 0 bridgehead atoms. The predicted molar refractivity (Wildman–Crippen MR) is 187 cm³/mol. The van der Waals surface area contributed by atoms with Crippen LogP contribution in [0.15, 0.2) is 170 Å². The van der Waals surface area contributed by atoms with E-state index in [2.05, 4.69) is 181 Å². The summed E-state index contributed by atoms with van der Waals surface area (Å²) in [7, 11) is 0. The summed E-state index contributed by atoms with van der Waals surface area (Å²) in [5.74, 6) is 0. The van der Waals surface area contributed by atoms with Crippen LogP contribution in [0.1, 0.15) is 5.56 Å². The monoisotopic (exact) mass is 561 g/mol. The van der Waals surface area contributed by atoms with Gasteiger partial charge in [-0.2, -0.15) is 0 Å². The Kier molecular flexibility index (Phi) is 6.43.